The molecule has 3 rings (SSSR count). The van der Waals surface area contributed by atoms with Crippen molar-refractivity contribution < 1.29 is 9.53 Å². The van der Waals surface area contributed by atoms with Gasteiger partial charge in [0.2, 0.25) is 5.91 Å². The molecule has 0 fully saturated rings. The maximum atomic E-state index is 12.0. The fraction of sp³-hybridized carbons (Fsp3) is 0.467. The molecular formula is C15H19N5O2. The van der Waals surface area contributed by atoms with Gasteiger partial charge >= 0.3 is 0 Å². The summed E-state index contributed by atoms with van der Waals surface area (Å²) in [6, 6.07) is 8.22. The highest BCUT2D eigenvalue weighted by atomic mass is 16.5. The minimum absolute atomic E-state index is 0.0263. The fourth-order valence-electron chi connectivity index (χ4n) is 2.60. The number of aromatic nitrogens is 4. The van der Waals surface area contributed by atoms with Crippen molar-refractivity contribution in [1.82, 2.24) is 25.5 Å². The molecule has 1 amide bonds. The maximum absolute atomic E-state index is 12.0. The summed E-state index contributed by atoms with van der Waals surface area (Å²) in [6.45, 7) is 3.48. The summed E-state index contributed by atoms with van der Waals surface area (Å²) < 4.78 is 7.39. The number of carbonyl (C=O) groups is 1. The van der Waals surface area contributed by atoms with Crippen LogP contribution in [0.25, 0.3) is 0 Å². The molecule has 2 heterocycles. The number of ether oxygens (including phenoxy) is 1. The first-order chi connectivity index (χ1) is 10.7. The second-order valence-corrected chi connectivity index (χ2v) is 5.31. The summed E-state index contributed by atoms with van der Waals surface area (Å²) in [5.74, 6) is 0.680. The molecule has 0 radical (unpaired) electrons. The predicted octanol–water partition coefficient (Wildman–Crippen LogP) is 0.802. The first kappa shape index (κ1) is 14.6. The average molecular weight is 301 g/mol. The van der Waals surface area contributed by atoms with E-state index in [0.717, 1.165) is 6.42 Å². The number of hydrogen-bond donors (Lipinski definition) is 1. The Morgan fingerprint density at radius 1 is 1.45 bits per heavy atom. The Kier molecular flexibility index (Phi) is 4.43. The van der Waals surface area contributed by atoms with Gasteiger partial charge in [-0.1, -0.05) is 24.3 Å². The highest BCUT2D eigenvalue weighted by Gasteiger charge is 2.20. The van der Waals surface area contributed by atoms with Gasteiger partial charge in [0.15, 0.2) is 0 Å². The van der Waals surface area contributed by atoms with Gasteiger partial charge in [-0.05, 0) is 34.9 Å². The lowest BCUT2D eigenvalue weighted by Crippen LogP contribution is -2.32. The highest BCUT2D eigenvalue weighted by molar-refractivity contribution is 5.75. The maximum Gasteiger partial charge on any atom is 0.221 e. The van der Waals surface area contributed by atoms with E-state index < -0.39 is 0 Å². The highest BCUT2D eigenvalue weighted by Crippen LogP contribution is 2.26. The summed E-state index contributed by atoms with van der Waals surface area (Å²) in [4.78, 5) is 12.0. The lowest BCUT2D eigenvalue weighted by atomic mass is 9.97. The second-order valence-electron chi connectivity index (χ2n) is 5.31. The van der Waals surface area contributed by atoms with E-state index >= 15 is 0 Å². The number of nitrogens with zero attached hydrogens (tertiary/aromatic N) is 4. The molecule has 0 bridgehead atoms. The van der Waals surface area contributed by atoms with Gasteiger partial charge in [-0.15, -0.1) is 5.10 Å². The molecule has 2 aromatic rings. The quantitative estimate of drug-likeness (QED) is 0.883. The van der Waals surface area contributed by atoms with Crippen LogP contribution in [-0.4, -0.2) is 39.3 Å². The molecule has 1 N–H and O–H groups in total. The zero-order valence-electron chi connectivity index (χ0n) is 12.5. The van der Waals surface area contributed by atoms with Crippen molar-refractivity contribution in [3.63, 3.8) is 0 Å². The Labute approximate surface area is 128 Å². The normalized spacial score (nSPS) is 17.0. The molecular weight excluding hydrogens is 282 g/mol. The van der Waals surface area contributed by atoms with Crippen LogP contribution in [0.2, 0.25) is 0 Å². The van der Waals surface area contributed by atoms with E-state index in [1.165, 1.54) is 11.1 Å². The summed E-state index contributed by atoms with van der Waals surface area (Å²) >= 11 is 0. The van der Waals surface area contributed by atoms with Crippen LogP contribution >= 0.6 is 0 Å². The van der Waals surface area contributed by atoms with Crippen molar-refractivity contribution in [2.75, 3.05) is 13.2 Å². The smallest absolute Gasteiger partial charge is 0.221 e. The minimum Gasteiger partial charge on any atom is -0.371 e. The number of hydrogen-bond acceptors (Lipinski definition) is 5. The van der Waals surface area contributed by atoms with Crippen LogP contribution < -0.4 is 5.32 Å². The molecule has 0 aliphatic carbocycles. The molecule has 7 nitrogen and oxygen atoms in total. The Hall–Kier alpha value is -2.28. The van der Waals surface area contributed by atoms with Crippen molar-refractivity contribution in [3.8, 4) is 0 Å². The van der Waals surface area contributed by atoms with Gasteiger partial charge in [0.25, 0.3) is 0 Å². The Bertz CT molecular complexity index is 655. The minimum atomic E-state index is -0.0660. The van der Waals surface area contributed by atoms with Crippen molar-refractivity contribution in [1.29, 1.82) is 0 Å². The molecule has 1 atom stereocenters. The SMILES string of the molecule is Cc1nnnn1CCC(=O)NC[C@H]1OCCc2ccccc21. The lowest BCUT2D eigenvalue weighted by Gasteiger charge is -2.26. The Morgan fingerprint density at radius 2 is 2.32 bits per heavy atom. The van der Waals surface area contributed by atoms with Crippen molar-refractivity contribution in [3.05, 3.63) is 41.2 Å². The van der Waals surface area contributed by atoms with E-state index in [9.17, 15) is 4.79 Å². The third kappa shape index (κ3) is 3.30. The Morgan fingerprint density at radius 3 is 3.14 bits per heavy atom. The van der Waals surface area contributed by atoms with Gasteiger partial charge in [-0.2, -0.15) is 0 Å². The number of nitrogens with one attached hydrogen (secondary N) is 1. The number of amides is 1. The number of benzene rings is 1. The average Bonchev–Trinajstić information content (AvgIpc) is 2.96. The molecule has 1 aromatic carbocycles. The van der Waals surface area contributed by atoms with Crippen LogP contribution in [0.15, 0.2) is 24.3 Å². The van der Waals surface area contributed by atoms with Crippen LogP contribution in [0.1, 0.15) is 29.5 Å². The lowest BCUT2D eigenvalue weighted by molar-refractivity contribution is -0.122. The number of tetrazole rings is 1. The number of fused-ring (bicyclic) bond motifs is 1. The molecule has 1 aromatic heterocycles. The molecule has 1 aliphatic heterocycles. The molecule has 0 spiro atoms. The van der Waals surface area contributed by atoms with Gasteiger partial charge < -0.3 is 10.1 Å². The third-order valence-electron chi connectivity index (χ3n) is 3.84. The van der Waals surface area contributed by atoms with Gasteiger partial charge in [0.1, 0.15) is 11.9 Å². The summed E-state index contributed by atoms with van der Waals surface area (Å²) in [5, 5.41) is 14.1. The van der Waals surface area contributed by atoms with Crippen LogP contribution in [-0.2, 0) is 22.5 Å². The fourth-order valence-corrected chi connectivity index (χ4v) is 2.60. The van der Waals surface area contributed by atoms with Gasteiger partial charge in [0.05, 0.1) is 13.2 Å². The van der Waals surface area contributed by atoms with Crippen LogP contribution in [0.5, 0.6) is 0 Å². The van der Waals surface area contributed by atoms with Crippen LogP contribution in [0.3, 0.4) is 0 Å². The standard InChI is InChI=1S/C15H19N5O2/c1-11-17-18-19-20(11)8-6-15(21)16-10-14-13-5-3-2-4-12(13)7-9-22-14/h2-5,14H,6-10H2,1H3,(H,16,21)/t14-/m1/s1. The van der Waals surface area contributed by atoms with E-state index in [0.29, 0.717) is 31.9 Å². The summed E-state index contributed by atoms with van der Waals surface area (Å²) in [5.41, 5.74) is 2.47. The third-order valence-corrected chi connectivity index (χ3v) is 3.84. The number of rotatable bonds is 5. The first-order valence-corrected chi connectivity index (χ1v) is 7.43. The largest absolute Gasteiger partial charge is 0.371 e. The molecule has 1 aliphatic rings. The molecule has 0 saturated carbocycles. The topological polar surface area (TPSA) is 81.9 Å². The van der Waals surface area contributed by atoms with Crippen LogP contribution in [0, 0.1) is 6.92 Å². The number of aryl methyl sites for hydroxylation is 2. The van der Waals surface area contributed by atoms with Gasteiger partial charge in [-0.3, -0.25) is 4.79 Å². The summed E-state index contributed by atoms with van der Waals surface area (Å²) in [7, 11) is 0. The monoisotopic (exact) mass is 301 g/mol. The van der Waals surface area contributed by atoms with E-state index in [4.69, 9.17) is 4.74 Å². The van der Waals surface area contributed by atoms with Crippen molar-refractivity contribution >= 4 is 5.91 Å². The second kappa shape index (κ2) is 6.65. The van der Waals surface area contributed by atoms with E-state index in [-0.39, 0.29) is 12.0 Å². The zero-order valence-corrected chi connectivity index (χ0v) is 12.5. The molecule has 116 valence electrons. The molecule has 22 heavy (non-hydrogen) atoms. The molecule has 0 saturated heterocycles. The van der Waals surface area contributed by atoms with E-state index in [2.05, 4.69) is 33.0 Å². The van der Waals surface area contributed by atoms with Crippen molar-refractivity contribution in [2.45, 2.75) is 32.4 Å². The number of carbonyl (C=O) groups excluding carboxylic acids is 1. The molecule has 7 heteroatoms. The van der Waals surface area contributed by atoms with Crippen LogP contribution in [0.4, 0.5) is 0 Å². The van der Waals surface area contributed by atoms with E-state index in [1.54, 1.807) is 4.68 Å². The zero-order chi connectivity index (χ0) is 15.4. The van der Waals surface area contributed by atoms with Crippen molar-refractivity contribution in [2.24, 2.45) is 0 Å². The molecule has 0 unspecified atom stereocenters. The van der Waals surface area contributed by atoms with Gasteiger partial charge in [-0.25, -0.2) is 4.68 Å². The van der Waals surface area contributed by atoms with Gasteiger partial charge in [0, 0.05) is 13.0 Å². The first-order valence-electron chi connectivity index (χ1n) is 7.43. The van der Waals surface area contributed by atoms with E-state index in [1.807, 2.05) is 19.1 Å². The summed E-state index contributed by atoms with van der Waals surface area (Å²) in [6.07, 6.45) is 1.21. The predicted molar refractivity (Wildman–Crippen MR) is 79.0 cm³/mol. The Balaban J connectivity index is 1.51.